The molecule has 18 heavy (non-hydrogen) atoms. The number of hydrogen-bond donors (Lipinski definition) is 3. The Balaban J connectivity index is 2.85. The summed E-state index contributed by atoms with van der Waals surface area (Å²) in [6.45, 7) is 0. The van der Waals surface area contributed by atoms with Crippen molar-refractivity contribution >= 4 is 11.8 Å². The number of dihydropyridines is 1. The number of amides is 2. The van der Waals surface area contributed by atoms with E-state index in [2.05, 4.69) is 5.32 Å². The Morgan fingerprint density at radius 3 is 2.28 bits per heavy atom. The smallest absolute Gasteiger partial charge is 0.373 e. The predicted molar refractivity (Wildman–Crippen MR) is 56.8 cm³/mol. The van der Waals surface area contributed by atoms with Gasteiger partial charge in [0.1, 0.15) is 5.54 Å². The van der Waals surface area contributed by atoms with Gasteiger partial charge in [-0.3, -0.25) is 9.59 Å². The Morgan fingerprint density at radius 2 is 1.94 bits per heavy atom. The Bertz CT molecular complexity index is 429. The van der Waals surface area contributed by atoms with Crippen LogP contribution in [0.4, 0.5) is 13.2 Å². The molecule has 1 aliphatic heterocycles. The lowest BCUT2D eigenvalue weighted by Crippen LogP contribution is -2.53. The summed E-state index contributed by atoms with van der Waals surface area (Å²) < 4.78 is 36.5. The molecule has 0 aromatic carbocycles. The number of nitrogens with one attached hydrogen (secondary N) is 1. The molecule has 5 nitrogen and oxygen atoms in total. The van der Waals surface area contributed by atoms with Crippen molar-refractivity contribution in [1.82, 2.24) is 5.32 Å². The summed E-state index contributed by atoms with van der Waals surface area (Å²) in [6, 6.07) is 0. The van der Waals surface area contributed by atoms with E-state index in [0.717, 1.165) is 12.3 Å². The molecular formula is C10H12F3N3O2. The van der Waals surface area contributed by atoms with Gasteiger partial charge in [-0.1, -0.05) is 0 Å². The molecule has 5 N–H and O–H groups in total. The standard InChI is InChI=1S/C10H12F3N3O2/c11-10(12,13)4-3-9(8(15)18)2-1-6(5-16-9)7(14)17/h1-2,5,16H,3-4H2,(H2,14,17)(H2,15,18). The molecule has 0 fully saturated rings. The van der Waals surface area contributed by atoms with Crippen LogP contribution in [0.5, 0.6) is 0 Å². The van der Waals surface area contributed by atoms with Gasteiger partial charge in [-0.15, -0.1) is 0 Å². The maximum absolute atomic E-state index is 12.2. The van der Waals surface area contributed by atoms with Crippen LogP contribution in [0.2, 0.25) is 0 Å². The molecule has 0 saturated heterocycles. The first kappa shape index (κ1) is 14.1. The fraction of sp³-hybridized carbons (Fsp3) is 0.400. The van der Waals surface area contributed by atoms with Crippen molar-refractivity contribution in [3.8, 4) is 0 Å². The van der Waals surface area contributed by atoms with Gasteiger partial charge in [0.25, 0.3) is 0 Å². The topological polar surface area (TPSA) is 98.2 Å². The van der Waals surface area contributed by atoms with Crippen LogP contribution in [0, 0.1) is 0 Å². The molecule has 100 valence electrons. The molecule has 0 aromatic heterocycles. The van der Waals surface area contributed by atoms with Crippen LogP contribution in [0.15, 0.2) is 23.9 Å². The number of carbonyl (C=O) groups excluding carboxylic acids is 2. The molecule has 1 heterocycles. The number of carbonyl (C=O) groups is 2. The van der Waals surface area contributed by atoms with E-state index >= 15 is 0 Å². The molecule has 0 spiro atoms. The van der Waals surface area contributed by atoms with Gasteiger partial charge in [-0.2, -0.15) is 13.2 Å². The first-order valence-electron chi connectivity index (χ1n) is 5.00. The monoisotopic (exact) mass is 263 g/mol. The molecule has 0 bridgehead atoms. The van der Waals surface area contributed by atoms with Gasteiger partial charge in [-0.05, 0) is 18.6 Å². The average molecular weight is 263 g/mol. The zero-order valence-corrected chi connectivity index (χ0v) is 9.25. The van der Waals surface area contributed by atoms with E-state index < -0.39 is 36.4 Å². The number of primary amides is 2. The Hall–Kier alpha value is -1.99. The summed E-state index contributed by atoms with van der Waals surface area (Å²) in [6.07, 6.45) is -2.73. The molecule has 1 unspecified atom stereocenters. The lowest BCUT2D eigenvalue weighted by atomic mass is 9.89. The van der Waals surface area contributed by atoms with Crippen LogP contribution in [-0.4, -0.2) is 23.5 Å². The average Bonchev–Trinajstić information content (AvgIpc) is 2.25. The van der Waals surface area contributed by atoms with E-state index in [4.69, 9.17) is 11.5 Å². The SMILES string of the molecule is NC(=O)C1=CNC(CCC(F)(F)F)(C(N)=O)C=C1. The highest BCUT2D eigenvalue weighted by Gasteiger charge is 2.39. The van der Waals surface area contributed by atoms with Crippen molar-refractivity contribution in [2.45, 2.75) is 24.6 Å². The fourth-order valence-electron chi connectivity index (χ4n) is 1.46. The van der Waals surface area contributed by atoms with Gasteiger partial charge in [0, 0.05) is 12.6 Å². The van der Waals surface area contributed by atoms with Gasteiger partial charge in [0.15, 0.2) is 0 Å². The number of hydrogen-bond acceptors (Lipinski definition) is 3. The molecule has 2 amide bonds. The highest BCUT2D eigenvalue weighted by atomic mass is 19.4. The van der Waals surface area contributed by atoms with Crippen LogP contribution >= 0.6 is 0 Å². The molecule has 0 aromatic rings. The Morgan fingerprint density at radius 1 is 1.33 bits per heavy atom. The van der Waals surface area contributed by atoms with Crippen molar-refractivity contribution in [3.05, 3.63) is 23.9 Å². The van der Waals surface area contributed by atoms with Gasteiger partial charge < -0.3 is 16.8 Å². The van der Waals surface area contributed by atoms with E-state index in [0.29, 0.717) is 0 Å². The van der Waals surface area contributed by atoms with E-state index in [1.54, 1.807) is 0 Å². The molecule has 1 rings (SSSR count). The van der Waals surface area contributed by atoms with Gasteiger partial charge in [-0.25, -0.2) is 0 Å². The molecule has 0 saturated carbocycles. The minimum absolute atomic E-state index is 0.0545. The minimum Gasteiger partial charge on any atom is -0.373 e. The summed E-state index contributed by atoms with van der Waals surface area (Å²) in [5.41, 5.74) is 8.48. The number of nitrogens with two attached hydrogens (primary N) is 2. The highest BCUT2D eigenvalue weighted by Crippen LogP contribution is 2.28. The normalized spacial score (nSPS) is 23.2. The predicted octanol–water partition coefficient (Wildman–Crippen LogP) is 0.0816. The number of alkyl halides is 3. The zero-order chi connectivity index (χ0) is 14.0. The second-order valence-corrected chi connectivity index (χ2v) is 3.89. The third kappa shape index (κ3) is 3.25. The summed E-state index contributed by atoms with van der Waals surface area (Å²) in [4.78, 5) is 22.1. The lowest BCUT2D eigenvalue weighted by Gasteiger charge is -2.30. The minimum atomic E-state index is -4.40. The van der Waals surface area contributed by atoms with Crippen LogP contribution < -0.4 is 16.8 Å². The maximum Gasteiger partial charge on any atom is 0.389 e. The van der Waals surface area contributed by atoms with Crippen LogP contribution in [0.25, 0.3) is 0 Å². The molecule has 0 aliphatic carbocycles. The van der Waals surface area contributed by atoms with E-state index in [1.807, 2.05) is 0 Å². The van der Waals surface area contributed by atoms with Gasteiger partial charge in [0.05, 0.1) is 5.57 Å². The fourth-order valence-corrected chi connectivity index (χ4v) is 1.46. The van der Waals surface area contributed by atoms with Crippen LogP contribution in [0.1, 0.15) is 12.8 Å². The Labute approximate surface area is 101 Å². The first-order chi connectivity index (χ1) is 8.16. The van der Waals surface area contributed by atoms with Crippen molar-refractivity contribution < 1.29 is 22.8 Å². The second kappa shape index (κ2) is 4.71. The lowest BCUT2D eigenvalue weighted by molar-refractivity contribution is -0.140. The third-order valence-electron chi connectivity index (χ3n) is 2.56. The zero-order valence-electron chi connectivity index (χ0n) is 9.25. The van der Waals surface area contributed by atoms with E-state index in [9.17, 15) is 22.8 Å². The van der Waals surface area contributed by atoms with Crippen molar-refractivity contribution in [1.29, 1.82) is 0 Å². The molecule has 1 aliphatic rings. The molecular weight excluding hydrogens is 251 g/mol. The summed E-state index contributed by atoms with van der Waals surface area (Å²) in [5.74, 6) is -1.71. The molecule has 8 heteroatoms. The summed E-state index contributed by atoms with van der Waals surface area (Å²) in [7, 11) is 0. The van der Waals surface area contributed by atoms with E-state index in [1.165, 1.54) is 6.08 Å². The molecule has 1 atom stereocenters. The Kier molecular flexibility index (Phi) is 3.68. The number of rotatable bonds is 4. The van der Waals surface area contributed by atoms with Crippen LogP contribution in [-0.2, 0) is 9.59 Å². The van der Waals surface area contributed by atoms with Gasteiger partial charge in [0.2, 0.25) is 11.8 Å². The van der Waals surface area contributed by atoms with Crippen molar-refractivity contribution in [2.24, 2.45) is 11.5 Å². The number of halogens is 3. The second-order valence-electron chi connectivity index (χ2n) is 3.89. The van der Waals surface area contributed by atoms with Crippen LogP contribution in [0.3, 0.4) is 0 Å². The van der Waals surface area contributed by atoms with Gasteiger partial charge >= 0.3 is 6.18 Å². The summed E-state index contributed by atoms with van der Waals surface area (Å²) in [5, 5.41) is 2.41. The highest BCUT2D eigenvalue weighted by molar-refractivity contribution is 5.96. The van der Waals surface area contributed by atoms with Crippen molar-refractivity contribution in [2.75, 3.05) is 0 Å². The summed E-state index contributed by atoms with van der Waals surface area (Å²) >= 11 is 0. The van der Waals surface area contributed by atoms with E-state index in [-0.39, 0.29) is 5.57 Å². The first-order valence-corrected chi connectivity index (χ1v) is 5.00. The van der Waals surface area contributed by atoms with Crippen molar-refractivity contribution in [3.63, 3.8) is 0 Å². The maximum atomic E-state index is 12.2. The quantitative estimate of drug-likeness (QED) is 0.670. The molecule has 0 radical (unpaired) electrons. The largest absolute Gasteiger partial charge is 0.389 e. The third-order valence-corrected chi connectivity index (χ3v) is 2.56.